The van der Waals surface area contributed by atoms with E-state index in [9.17, 15) is 14.4 Å². The van der Waals surface area contributed by atoms with E-state index in [2.05, 4.69) is 15.8 Å². The number of unbranched alkanes of at least 4 members (excludes halogenated alkanes) is 1. The molecule has 128 valence electrons. The van der Waals surface area contributed by atoms with E-state index < -0.39 is 17.9 Å². The van der Waals surface area contributed by atoms with Crippen molar-refractivity contribution >= 4 is 35.4 Å². The van der Waals surface area contributed by atoms with E-state index in [0.717, 1.165) is 24.6 Å². The number of aliphatic carboxylic acids is 1. The van der Waals surface area contributed by atoms with Gasteiger partial charge in [-0.15, -0.1) is 11.8 Å². The van der Waals surface area contributed by atoms with Crippen molar-refractivity contribution in [1.82, 2.24) is 10.5 Å². The van der Waals surface area contributed by atoms with Crippen LogP contribution in [0.15, 0.2) is 10.6 Å². The minimum absolute atomic E-state index is 0.0150. The number of carbonyl (C=O) groups is 3. The molecule has 0 aromatic carbocycles. The predicted octanol–water partition coefficient (Wildman–Crippen LogP) is 1.41. The fourth-order valence-electron chi connectivity index (χ4n) is 1.74. The van der Waals surface area contributed by atoms with Crippen molar-refractivity contribution in [1.29, 1.82) is 0 Å². The fraction of sp³-hybridized carbons (Fsp3) is 0.571. The van der Waals surface area contributed by atoms with Gasteiger partial charge in [-0.1, -0.05) is 24.9 Å². The Kier molecular flexibility index (Phi) is 8.17. The highest BCUT2D eigenvalue weighted by atomic mass is 32.2. The second-order valence-electron chi connectivity index (χ2n) is 4.96. The maximum Gasteiger partial charge on any atom is 0.326 e. The first-order chi connectivity index (χ1) is 10.9. The zero-order chi connectivity index (χ0) is 17.2. The van der Waals surface area contributed by atoms with Crippen LogP contribution in [0.1, 0.15) is 31.9 Å². The number of carboxylic acid groups (broad SMARTS) is 1. The summed E-state index contributed by atoms with van der Waals surface area (Å²) < 4.78 is 4.82. The van der Waals surface area contributed by atoms with Gasteiger partial charge in [-0.05, 0) is 13.3 Å². The van der Waals surface area contributed by atoms with E-state index in [-0.39, 0.29) is 17.4 Å². The third-order valence-electron chi connectivity index (χ3n) is 2.84. The highest BCUT2D eigenvalue weighted by Crippen LogP contribution is 2.08. The molecule has 0 aliphatic heterocycles. The third-order valence-corrected chi connectivity index (χ3v) is 3.77. The summed E-state index contributed by atoms with van der Waals surface area (Å²) in [7, 11) is 0. The Morgan fingerprint density at radius 1 is 1.35 bits per heavy atom. The maximum atomic E-state index is 11.7. The van der Waals surface area contributed by atoms with Gasteiger partial charge in [-0.25, -0.2) is 4.79 Å². The topological polar surface area (TPSA) is 122 Å². The number of hydrogen-bond acceptors (Lipinski definition) is 6. The Labute approximate surface area is 138 Å². The third kappa shape index (κ3) is 7.68. The zero-order valence-corrected chi connectivity index (χ0v) is 13.9. The van der Waals surface area contributed by atoms with Gasteiger partial charge in [0, 0.05) is 6.07 Å². The molecular weight excluding hydrogens is 322 g/mol. The summed E-state index contributed by atoms with van der Waals surface area (Å²) in [6, 6.07) is 0.704. The number of aryl methyl sites for hydroxylation is 1. The van der Waals surface area contributed by atoms with E-state index in [1.165, 1.54) is 0 Å². The number of thioether (sulfide) groups is 1. The lowest BCUT2D eigenvalue weighted by molar-refractivity contribution is -0.141. The molecule has 0 fully saturated rings. The van der Waals surface area contributed by atoms with E-state index in [1.54, 1.807) is 13.0 Å². The van der Waals surface area contributed by atoms with Gasteiger partial charge in [0.15, 0.2) is 5.82 Å². The number of rotatable bonds is 10. The molecule has 1 aromatic heterocycles. The maximum absolute atomic E-state index is 11.7. The molecule has 0 aliphatic carbocycles. The molecule has 0 saturated carbocycles. The molecule has 9 heteroatoms. The molecule has 1 unspecified atom stereocenters. The molecule has 2 amide bonds. The highest BCUT2D eigenvalue weighted by Gasteiger charge is 2.19. The van der Waals surface area contributed by atoms with Crippen LogP contribution in [0.2, 0.25) is 0 Å². The van der Waals surface area contributed by atoms with Crippen LogP contribution in [0.4, 0.5) is 5.82 Å². The van der Waals surface area contributed by atoms with Gasteiger partial charge in [0.25, 0.3) is 0 Å². The summed E-state index contributed by atoms with van der Waals surface area (Å²) in [6.45, 7) is 3.66. The van der Waals surface area contributed by atoms with Gasteiger partial charge < -0.3 is 20.3 Å². The van der Waals surface area contributed by atoms with Crippen LogP contribution in [0.25, 0.3) is 0 Å². The van der Waals surface area contributed by atoms with Crippen LogP contribution in [0.3, 0.4) is 0 Å². The van der Waals surface area contributed by atoms with Crippen LogP contribution >= 0.6 is 11.8 Å². The first kappa shape index (κ1) is 19.0. The molecular formula is C14H21N3O5S. The summed E-state index contributed by atoms with van der Waals surface area (Å²) >= 11 is 1.10. The molecule has 1 heterocycles. The molecule has 0 aliphatic rings. The number of nitrogens with one attached hydrogen (secondary N) is 2. The number of amides is 2. The number of aromatic nitrogens is 1. The first-order valence-corrected chi connectivity index (χ1v) is 8.41. The average Bonchev–Trinajstić information content (AvgIpc) is 2.88. The first-order valence-electron chi connectivity index (χ1n) is 7.25. The number of carboxylic acids is 1. The van der Waals surface area contributed by atoms with Crippen LogP contribution in [-0.2, 0) is 14.4 Å². The van der Waals surface area contributed by atoms with Gasteiger partial charge >= 0.3 is 5.97 Å². The lowest BCUT2D eigenvalue weighted by Gasteiger charge is -2.13. The summed E-state index contributed by atoms with van der Waals surface area (Å²) in [5.74, 6) is -0.772. The summed E-state index contributed by atoms with van der Waals surface area (Å²) in [4.78, 5) is 34.4. The van der Waals surface area contributed by atoms with E-state index in [1.807, 2.05) is 6.92 Å². The molecule has 0 saturated heterocycles. The lowest BCUT2D eigenvalue weighted by Crippen LogP contribution is -2.41. The smallest absolute Gasteiger partial charge is 0.326 e. The molecule has 0 radical (unpaired) electrons. The molecule has 23 heavy (non-hydrogen) atoms. The van der Waals surface area contributed by atoms with Crippen LogP contribution in [0, 0.1) is 6.92 Å². The molecule has 0 spiro atoms. The Morgan fingerprint density at radius 2 is 2.04 bits per heavy atom. The van der Waals surface area contributed by atoms with Crippen molar-refractivity contribution in [2.75, 3.05) is 16.8 Å². The molecule has 8 nitrogen and oxygen atoms in total. The Balaban J connectivity index is 2.26. The minimum Gasteiger partial charge on any atom is -0.480 e. The van der Waals surface area contributed by atoms with E-state index in [0.29, 0.717) is 18.0 Å². The molecule has 1 aromatic rings. The number of carbonyl (C=O) groups excluding carboxylic acids is 2. The predicted molar refractivity (Wildman–Crippen MR) is 86.3 cm³/mol. The zero-order valence-electron chi connectivity index (χ0n) is 13.1. The highest BCUT2D eigenvalue weighted by molar-refractivity contribution is 8.00. The molecule has 1 rings (SSSR count). The number of anilines is 1. The van der Waals surface area contributed by atoms with Crippen LogP contribution in [-0.4, -0.2) is 45.6 Å². The van der Waals surface area contributed by atoms with Crippen molar-refractivity contribution in [3.8, 4) is 0 Å². The van der Waals surface area contributed by atoms with Crippen LogP contribution in [0.5, 0.6) is 0 Å². The standard InChI is InChI=1S/C14H21N3O5S/c1-3-4-5-10(14(20)21)15-12(18)7-23-8-13(19)16-11-6-9(2)22-17-11/h6,10H,3-5,7-8H2,1-2H3,(H,15,18)(H,20,21)(H,16,17,19). The largest absolute Gasteiger partial charge is 0.480 e. The second kappa shape index (κ2) is 9.88. The molecule has 1 atom stereocenters. The molecule has 3 N–H and O–H groups in total. The Morgan fingerprint density at radius 3 is 2.61 bits per heavy atom. The van der Waals surface area contributed by atoms with Crippen molar-refractivity contribution in [3.05, 3.63) is 11.8 Å². The Hall–Kier alpha value is -2.03. The van der Waals surface area contributed by atoms with Gasteiger partial charge in [-0.2, -0.15) is 0 Å². The van der Waals surface area contributed by atoms with Crippen molar-refractivity contribution in [3.63, 3.8) is 0 Å². The van der Waals surface area contributed by atoms with Gasteiger partial charge in [-0.3, -0.25) is 9.59 Å². The SMILES string of the molecule is CCCCC(NC(=O)CSCC(=O)Nc1cc(C)on1)C(=O)O. The summed E-state index contributed by atoms with van der Waals surface area (Å²) in [6.07, 6.45) is 1.98. The lowest BCUT2D eigenvalue weighted by atomic mass is 10.1. The number of nitrogens with zero attached hydrogens (tertiary/aromatic N) is 1. The fourth-order valence-corrected chi connectivity index (χ4v) is 2.37. The van der Waals surface area contributed by atoms with Crippen LogP contribution < -0.4 is 10.6 Å². The van der Waals surface area contributed by atoms with Gasteiger partial charge in [0.05, 0.1) is 11.5 Å². The van der Waals surface area contributed by atoms with E-state index >= 15 is 0 Å². The van der Waals surface area contributed by atoms with Crippen molar-refractivity contribution in [2.24, 2.45) is 0 Å². The van der Waals surface area contributed by atoms with Gasteiger partial charge in [0.2, 0.25) is 11.8 Å². The van der Waals surface area contributed by atoms with Gasteiger partial charge in [0.1, 0.15) is 11.8 Å². The number of hydrogen-bond donors (Lipinski definition) is 3. The van der Waals surface area contributed by atoms with Crippen molar-refractivity contribution in [2.45, 2.75) is 39.2 Å². The average molecular weight is 343 g/mol. The minimum atomic E-state index is -1.05. The quantitative estimate of drug-likeness (QED) is 0.587. The summed E-state index contributed by atoms with van der Waals surface area (Å²) in [5.41, 5.74) is 0. The normalized spacial score (nSPS) is 11.7. The Bertz CT molecular complexity index is 546. The molecule has 0 bridgehead atoms. The second-order valence-corrected chi connectivity index (χ2v) is 5.95. The van der Waals surface area contributed by atoms with Crippen molar-refractivity contribution < 1.29 is 24.0 Å². The monoisotopic (exact) mass is 343 g/mol. The summed E-state index contributed by atoms with van der Waals surface area (Å²) in [5, 5.41) is 17.6. The van der Waals surface area contributed by atoms with E-state index in [4.69, 9.17) is 9.63 Å².